The molecular weight excluding hydrogens is 544 g/mol. The average molecular weight is 575 g/mol. The molecule has 0 aromatic heterocycles. The number of carboxylic acid groups (broad SMARTS) is 1. The molecule has 0 bridgehead atoms. The topological polar surface area (TPSA) is 87.2 Å². The van der Waals surface area contributed by atoms with Gasteiger partial charge in [0.15, 0.2) is 0 Å². The van der Waals surface area contributed by atoms with Crippen molar-refractivity contribution in [3.63, 3.8) is 0 Å². The molecule has 3 aromatic carbocycles. The van der Waals surface area contributed by atoms with Crippen LogP contribution in [0, 0.1) is 0 Å². The van der Waals surface area contributed by atoms with Gasteiger partial charge in [-0.1, -0.05) is 104 Å². The minimum absolute atomic E-state index is 0.172. The van der Waals surface area contributed by atoms with E-state index in [-0.39, 0.29) is 10.2 Å². The number of thiocarbonyl (C=S) groups is 1. The fraction of sp³-hybridized carbons (Fsp3) is 0.226. The summed E-state index contributed by atoms with van der Waals surface area (Å²) in [5, 5.41) is 9.13. The molecule has 1 heterocycles. The molecule has 1 fully saturated rings. The summed E-state index contributed by atoms with van der Waals surface area (Å²) in [6.07, 6.45) is 3.42. The number of ether oxygens (including phenoxy) is 1. The highest BCUT2D eigenvalue weighted by molar-refractivity contribution is 8.26. The molecule has 0 aliphatic carbocycles. The van der Waals surface area contributed by atoms with Crippen molar-refractivity contribution in [1.82, 2.24) is 9.80 Å². The fourth-order valence-corrected chi connectivity index (χ4v) is 5.42. The maximum Gasteiger partial charge on any atom is 0.323 e. The van der Waals surface area contributed by atoms with Crippen LogP contribution in [0.2, 0.25) is 0 Å². The number of unbranched alkanes of at least 4 members (excludes halogenated alkanes) is 1. The highest BCUT2D eigenvalue weighted by Crippen LogP contribution is 2.33. The van der Waals surface area contributed by atoms with Crippen molar-refractivity contribution in [2.45, 2.75) is 32.9 Å². The van der Waals surface area contributed by atoms with Crippen molar-refractivity contribution in [3.8, 4) is 5.75 Å². The second-order valence-corrected chi connectivity index (χ2v) is 10.9. The summed E-state index contributed by atoms with van der Waals surface area (Å²) >= 11 is 6.26. The van der Waals surface area contributed by atoms with Gasteiger partial charge in [0.05, 0.1) is 10.5 Å². The third-order valence-corrected chi connectivity index (χ3v) is 7.60. The fourth-order valence-electron chi connectivity index (χ4n) is 4.16. The zero-order chi connectivity index (χ0) is 28.5. The first-order valence-electron chi connectivity index (χ1n) is 13.0. The molecule has 1 saturated heterocycles. The van der Waals surface area contributed by atoms with Crippen molar-refractivity contribution in [2.24, 2.45) is 0 Å². The molecule has 1 aliphatic rings. The molecule has 3 aromatic rings. The largest absolute Gasteiger partial charge is 0.488 e. The zero-order valence-corrected chi connectivity index (χ0v) is 23.7. The minimum atomic E-state index is -1.14. The van der Waals surface area contributed by atoms with E-state index in [0.717, 1.165) is 40.6 Å². The molecule has 1 aliphatic heterocycles. The second kappa shape index (κ2) is 13.9. The maximum absolute atomic E-state index is 14.0. The Morgan fingerprint density at radius 1 is 1.02 bits per heavy atom. The number of rotatable bonds is 12. The number of thioether (sulfide) groups is 1. The van der Waals surface area contributed by atoms with Crippen LogP contribution in [0.5, 0.6) is 5.75 Å². The molecule has 0 spiro atoms. The van der Waals surface area contributed by atoms with Crippen molar-refractivity contribution in [2.75, 3.05) is 13.1 Å². The summed E-state index contributed by atoms with van der Waals surface area (Å²) in [6, 6.07) is 24.8. The summed E-state index contributed by atoms with van der Waals surface area (Å²) < 4.78 is 6.32. The Balaban J connectivity index is 1.67. The molecule has 0 radical (unpaired) electrons. The normalized spacial score (nSPS) is 14.0. The number of hydrogen-bond donors (Lipinski definition) is 1. The lowest BCUT2D eigenvalue weighted by Gasteiger charge is -2.24. The lowest BCUT2D eigenvalue weighted by molar-refractivity contribution is -0.140. The number of hydrogen-bond acceptors (Lipinski definition) is 6. The molecule has 7 nitrogen and oxygen atoms in total. The van der Waals surface area contributed by atoms with Gasteiger partial charge in [-0.05, 0) is 41.3 Å². The van der Waals surface area contributed by atoms with Crippen molar-refractivity contribution in [1.29, 1.82) is 0 Å². The zero-order valence-electron chi connectivity index (χ0n) is 22.1. The maximum atomic E-state index is 14.0. The van der Waals surface area contributed by atoms with Gasteiger partial charge in [0.25, 0.3) is 11.8 Å². The summed E-state index contributed by atoms with van der Waals surface area (Å²) in [4.78, 5) is 41.2. The molecule has 0 unspecified atom stereocenters. The minimum Gasteiger partial charge on any atom is -0.488 e. The number of carbonyl (C=O) groups excluding carboxylic acids is 2. The predicted molar refractivity (Wildman–Crippen MR) is 161 cm³/mol. The van der Waals surface area contributed by atoms with Crippen LogP contribution < -0.4 is 4.74 Å². The van der Waals surface area contributed by atoms with Crippen LogP contribution in [0.4, 0.5) is 0 Å². The Bertz CT molecular complexity index is 1410. The van der Waals surface area contributed by atoms with Gasteiger partial charge in [0.2, 0.25) is 0 Å². The van der Waals surface area contributed by atoms with Crippen LogP contribution in [0.15, 0.2) is 83.8 Å². The van der Waals surface area contributed by atoms with Gasteiger partial charge >= 0.3 is 5.97 Å². The van der Waals surface area contributed by atoms with E-state index in [1.807, 2.05) is 65.6 Å². The Morgan fingerprint density at radius 3 is 2.35 bits per heavy atom. The summed E-state index contributed by atoms with van der Waals surface area (Å²) in [6.45, 7) is 2.92. The van der Waals surface area contributed by atoms with Crippen molar-refractivity contribution in [3.05, 3.63) is 106 Å². The van der Waals surface area contributed by atoms with E-state index < -0.39 is 18.4 Å². The summed E-state index contributed by atoms with van der Waals surface area (Å²) in [5.74, 6) is -1.34. The number of amides is 2. The smallest absolute Gasteiger partial charge is 0.323 e. The van der Waals surface area contributed by atoms with E-state index in [9.17, 15) is 14.4 Å². The van der Waals surface area contributed by atoms with Gasteiger partial charge in [-0.15, -0.1) is 0 Å². The number of carboxylic acids is 1. The van der Waals surface area contributed by atoms with Gasteiger partial charge in [0, 0.05) is 13.1 Å². The first-order valence-corrected chi connectivity index (χ1v) is 14.2. The number of benzene rings is 3. The quantitative estimate of drug-likeness (QED) is 0.210. The predicted octanol–water partition coefficient (Wildman–Crippen LogP) is 5.99. The first kappa shape index (κ1) is 29.0. The molecule has 206 valence electrons. The van der Waals surface area contributed by atoms with Gasteiger partial charge in [0.1, 0.15) is 23.2 Å². The Labute approximate surface area is 243 Å². The molecule has 40 heavy (non-hydrogen) atoms. The van der Waals surface area contributed by atoms with Gasteiger partial charge in [-0.2, -0.15) is 0 Å². The van der Waals surface area contributed by atoms with Crippen LogP contribution in [-0.2, 0) is 22.7 Å². The lowest BCUT2D eigenvalue weighted by Crippen LogP contribution is -2.33. The van der Waals surface area contributed by atoms with E-state index in [1.165, 1.54) is 0 Å². The van der Waals surface area contributed by atoms with Crippen LogP contribution in [0.3, 0.4) is 0 Å². The third kappa shape index (κ3) is 7.58. The van der Waals surface area contributed by atoms with E-state index in [4.69, 9.17) is 22.1 Å². The molecule has 4 rings (SSSR count). The van der Waals surface area contributed by atoms with E-state index in [2.05, 4.69) is 6.92 Å². The van der Waals surface area contributed by atoms with Crippen molar-refractivity contribution >= 4 is 52.2 Å². The highest BCUT2D eigenvalue weighted by atomic mass is 32.2. The van der Waals surface area contributed by atoms with Crippen molar-refractivity contribution < 1.29 is 24.2 Å². The Morgan fingerprint density at radius 2 is 1.70 bits per heavy atom. The Hall–Kier alpha value is -3.95. The average Bonchev–Trinajstić information content (AvgIpc) is 3.22. The molecular formula is C31H30N2O5S2. The van der Waals surface area contributed by atoms with Crippen LogP contribution in [-0.4, -0.2) is 50.1 Å². The summed E-state index contributed by atoms with van der Waals surface area (Å²) in [5.41, 5.74) is 3.00. The second-order valence-electron chi connectivity index (χ2n) is 9.26. The van der Waals surface area contributed by atoms with E-state index >= 15 is 0 Å². The first-order chi connectivity index (χ1) is 19.4. The number of aliphatic carboxylic acids is 1. The molecule has 9 heteroatoms. The lowest BCUT2D eigenvalue weighted by atomic mass is 10.1. The van der Waals surface area contributed by atoms with Gasteiger partial charge in [-0.3, -0.25) is 19.3 Å². The van der Waals surface area contributed by atoms with Gasteiger partial charge < -0.3 is 14.7 Å². The molecule has 0 saturated carbocycles. The molecule has 0 atom stereocenters. The van der Waals surface area contributed by atoms with E-state index in [1.54, 1.807) is 24.3 Å². The highest BCUT2D eigenvalue weighted by Gasteiger charge is 2.33. The molecule has 2 amide bonds. The van der Waals surface area contributed by atoms with Crippen LogP contribution in [0.25, 0.3) is 6.08 Å². The molecule has 1 N–H and O–H groups in total. The summed E-state index contributed by atoms with van der Waals surface area (Å²) in [7, 11) is 0. The van der Waals surface area contributed by atoms with Gasteiger partial charge in [-0.25, -0.2) is 0 Å². The third-order valence-electron chi connectivity index (χ3n) is 6.22. The number of carbonyl (C=O) groups is 3. The van der Waals surface area contributed by atoms with Crippen LogP contribution in [0.1, 0.15) is 46.8 Å². The van der Waals surface area contributed by atoms with E-state index in [0.29, 0.717) is 41.5 Å². The Kier molecular flexibility index (Phi) is 10.1. The monoisotopic (exact) mass is 574 g/mol. The standard InChI is InChI=1S/C31H30N2O5S2/c1-2-3-16-32(19-22-10-6-4-7-11-22)29(36)25-17-24(14-15-26(25)38-21-23-12-8-5-9-13-23)18-27-30(37)33(20-28(34)35)31(39)40-27/h4-15,17-18H,2-3,16,19-21H2,1H3,(H,34,35)/b27-18-. The number of nitrogens with zero attached hydrogens (tertiary/aromatic N) is 2. The van der Waals surface area contributed by atoms with Crippen LogP contribution >= 0.6 is 24.0 Å². The SMILES string of the molecule is CCCCN(Cc1ccccc1)C(=O)c1cc(/C=C2\SC(=S)N(CC(=O)O)C2=O)ccc1OCc1ccccc1.